The van der Waals surface area contributed by atoms with Crippen LogP contribution in [0.25, 0.3) is 0 Å². The molecule has 0 bridgehead atoms. The molecule has 5 nitrogen and oxygen atoms in total. The summed E-state index contributed by atoms with van der Waals surface area (Å²) in [6.45, 7) is 5.32. The van der Waals surface area contributed by atoms with Crippen LogP contribution < -0.4 is 10.1 Å². The fourth-order valence-corrected chi connectivity index (χ4v) is 2.80. The largest absolute Gasteiger partial charge is 0.497 e. The Morgan fingerprint density at radius 1 is 1.35 bits per heavy atom. The number of benzene rings is 1. The zero-order valence-electron chi connectivity index (χ0n) is 14.2. The maximum absolute atomic E-state index is 12.1. The highest BCUT2D eigenvalue weighted by Gasteiger charge is 2.30. The zero-order valence-corrected chi connectivity index (χ0v) is 14.2. The van der Waals surface area contributed by atoms with Gasteiger partial charge in [0.1, 0.15) is 5.75 Å². The van der Waals surface area contributed by atoms with Crippen LogP contribution in [-0.2, 0) is 16.0 Å². The van der Waals surface area contributed by atoms with Crippen molar-refractivity contribution in [1.29, 1.82) is 0 Å². The number of carbonyl (C=O) groups is 2. The number of methoxy groups -OCH3 is 1. The molecule has 23 heavy (non-hydrogen) atoms. The monoisotopic (exact) mass is 318 g/mol. The van der Waals surface area contributed by atoms with E-state index in [0.29, 0.717) is 31.8 Å². The minimum absolute atomic E-state index is 0.0369. The van der Waals surface area contributed by atoms with Gasteiger partial charge in [0.15, 0.2) is 0 Å². The summed E-state index contributed by atoms with van der Waals surface area (Å²) in [4.78, 5) is 25.7. The molecule has 2 rings (SSSR count). The molecule has 1 heterocycles. The third-order valence-corrected chi connectivity index (χ3v) is 4.00. The summed E-state index contributed by atoms with van der Waals surface area (Å²) >= 11 is 0. The number of carbonyl (C=O) groups excluding carboxylic acids is 2. The van der Waals surface area contributed by atoms with Crippen LogP contribution in [-0.4, -0.2) is 43.0 Å². The predicted octanol–water partition coefficient (Wildman–Crippen LogP) is 2.00. The van der Waals surface area contributed by atoms with E-state index in [-0.39, 0.29) is 17.9 Å². The van der Waals surface area contributed by atoms with Crippen LogP contribution in [0.4, 0.5) is 0 Å². The van der Waals surface area contributed by atoms with Gasteiger partial charge in [-0.15, -0.1) is 0 Å². The van der Waals surface area contributed by atoms with E-state index in [9.17, 15) is 9.59 Å². The Morgan fingerprint density at radius 2 is 2.04 bits per heavy atom. The van der Waals surface area contributed by atoms with Crippen LogP contribution in [0.15, 0.2) is 24.3 Å². The maximum Gasteiger partial charge on any atom is 0.224 e. The molecule has 5 heteroatoms. The number of amides is 2. The molecule has 1 N–H and O–H groups in total. The summed E-state index contributed by atoms with van der Waals surface area (Å²) in [5.74, 6) is 1.32. The Hall–Kier alpha value is -2.04. The standard InChI is InChI=1S/C18H26N2O3/c1-13(2)10-17(21)19-15-11-18(22)20(12-15)9-8-14-4-6-16(23-3)7-5-14/h4-7,13,15H,8-12H2,1-3H3,(H,19,21)/t15-/m1/s1. The average Bonchev–Trinajstić information content (AvgIpc) is 2.84. The molecular formula is C18H26N2O3. The first kappa shape index (κ1) is 17.3. The van der Waals surface area contributed by atoms with Gasteiger partial charge in [0.05, 0.1) is 13.2 Å². The molecule has 0 radical (unpaired) electrons. The predicted molar refractivity (Wildman–Crippen MR) is 89.3 cm³/mol. The van der Waals surface area contributed by atoms with Gasteiger partial charge in [-0.1, -0.05) is 26.0 Å². The fourth-order valence-electron chi connectivity index (χ4n) is 2.80. The SMILES string of the molecule is COc1ccc(CCN2C[C@H](NC(=O)CC(C)C)CC2=O)cc1. The fraction of sp³-hybridized carbons (Fsp3) is 0.556. The normalized spacial score (nSPS) is 17.7. The molecule has 2 amide bonds. The van der Waals surface area contributed by atoms with Gasteiger partial charge in [-0.05, 0) is 30.0 Å². The van der Waals surface area contributed by atoms with Gasteiger partial charge in [-0.25, -0.2) is 0 Å². The van der Waals surface area contributed by atoms with Crippen LogP contribution in [0.3, 0.4) is 0 Å². The van der Waals surface area contributed by atoms with Crippen molar-refractivity contribution in [2.75, 3.05) is 20.2 Å². The summed E-state index contributed by atoms with van der Waals surface area (Å²) in [6.07, 6.45) is 1.73. The van der Waals surface area contributed by atoms with E-state index in [1.54, 1.807) is 7.11 Å². The van der Waals surface area contributed by atoms with Crippen molar-refractivity contribution in [3.8, 4) is 5.75 Å². The number of nitrogens with one attached hydrogen (secondary N) is 1. The van der Waals surface area contributed by atoms with Crippen molar-refractivity contribution in [3.63, 3.8) is 0 Å². The number of hydrogen-bond donors (Lipinski definition) is 1. The van der Waals surface area contributed by atoms with Crippen LogP contribution >= 0.6 is 0 Å². The van der Waals surface area contributed by atoms with Gasteiger partial charge >= 0.3 is 0 Å². The molecule has 1 aliphatic heterocycles. The van der Waals surface area contributed by atoms with Crippen molar-refractivity contribution in [2.45, 2.75) is 39.2 Å². The van der Waals surface area contributed by atoms with E-state index < -0.39 is 0 Å². The van der Waals surface area contributed by atoms with Crippen molar-refractivity contribution in [3.05, 3.63) is 29.8 Å². The third kappa shape index (κ3) is 5.27. The number of rotatable bonds is 7. The molecule has 1 atom stereocenters. The van der Waals surface area contributed by atoms with E-state index in [1.807, 2.05) is 43.0 Å². The molecule has 1 aromatic carbocycles. The number of ether oxygens (including phenoxy) is 1. The quantitative estimate of drug-likeness (QED) is 0.836. The Kier molecular flexibility index (Phi) is 6.02. The van der Waals surface area contributed by atoms with Gasteiger partial charge in [0, 0.05) is 25.9 Å². The number of hydrogen-bond acceptors (Lipinski definition) is 3. The Bertz CT molecular complexity index is 540. The lowest BCUT2D eigenvalue weighted by molar-refractivity contribution is -0.127. The molecule has 1 aliphatic rings. The molecule has 0 unspecified atom stereocenters. The average molecular weight is 318 g/mol. The molecule has 1 fully saturated rings. The molecule has 1 aromatic rings. The zero-order chi connectivity index (χ0) is 16.8. The molecule has 0 aliphatic carbocycles. The second kappa shape index (κ2) is 7.99. The summed E-state index contributed by atoms with van der Waals surface area (Å²) in [5.41, 5.74) is 1.17. The second-order valence-electron chi connectivity index (χ2n) is 6.50. The van der Waals surface area contributed by atoms with Crippen LogP contribution in [0, 0.1) is 5.92 Å². The Morgan fingerprint density at radius 3 is 2.65 bits per heavy atom. The molecule has 126 valence electrons. The summed E-state index contributed by atoms with van der Waals surface area (Å²) in [7, 11) is 1.64. The van der Waals surface area contributed by atoms with Crippen LogP contribution in [0.2, 0.25) is 0 Å². The second-order valence-corrected chi connectivity index (χ2v) is 6.50. The Labute approximate surface area is 138 Å². The molecule has 0 spiro atoms. The van der Waals surface area contributed by atoms with Gasteiger partial charge in [0.25, 0.3) is 0 Å². The van der Waals surface area contributed by atoms with Gasteiger partial charge in [-0.2, -0.15) is 0 Å². The molecular weight excluding hydrogens is 292 g/mol. The lowest BCUT2D eigenvalue weighted by atomic mass is 10.1. The van der Waals surface area contributed by atoms with Crippen molar-refractivity contribution < 1.29 is 14.3 Å². The van der Waals surface area contributed by atoms with Crippen LogP contribution in [0.5, 0.6) is 5.75 Å². The summed E-state index contributed by atoms with van der Waals surface area (Å²) in [5, 5.41) is 2.97. The first-order chi connectivity index (χ1) is 11.0. The summed E-state index contributed by atoms with van der Waals surface area (Å²) < 4.78 is 5.14. The minimum Gasteiger partial charge on any atom is -0.497 e. The van der Waals surface area contributed by atoms with Gasteiger partial charge in [0.2, 0.25) is 11.8 Å². The first-order valence-corrected chi connectivity index (χ1v) is 8.18. The minimum atomic E-state index is -0.0513. The maximum atomic E-state index is 12.1. The smallest absolute Gasteiger partial charge is 0.224 e. The van der Waals surface area contributed by atoms with Crippen molar-refractivity contribution in [2.24, 2.45) is 5.92 Å². The highest BCUT2D eigenvalue weighted by molar-refractivity contribution is 5.82. The first-order valence-electron chi connectivity index (χ1n) is 8.18. The summed E-state index contributed by atoms with van der Waals surface area (Å²) in [6, 6.07) is 7.83. The van der Waals surface area contributed by atoms with E-state index in [4.69, 9.17) is 4.74 Å². The van der Waals surface area contributed by atoms with E-state index in [2.05, 4.69) is 5.32 Å². The van der Waals surface area contributed by atoms with Crippen LogP contribution in [0.1, 0.15) is 32.3 Å². The van der Waals surface area contributed by atoms with Gasteiger partial charge in [-0.3, -0.25) is 9.59 Å². The van der Waals surface area contributed by atoms with Crippen molar-refractivity contribution in [1.82, 2.24) is 10.2 Å². The van der Waals surface area contributed by atoms with Crippen molar-refractivity contribution >= 4 is 11.8 Å². The molecule has 0 saturated carbocycles. The highest BCUT2D eigenvalue weighted by Crippen LogP contribution is 2.15. The molecule has 0 aromatic heterocycles. The van der Waals surface area contributed by atoms with E-state index in [1.165, 1.54) is 5.56 Å². The molecule has 1 saturated heterocycles. The number of likely N-dealkylation sites (tertiary alicyclic amines) is 1. The van der Waals surface area contributed by atoms with E-state index >= 15 is 0 Å². The lowest BCUT2D eigenvalue weighted by Gasteiger charge is -2.17. The highest BCUT2D eigenvalue weighted by atomic mass is 16.5. The Balaban J connectivity index is 1.79. The van der Waals surface area contributed by atoms with Gasteiger partial charge < -0.3 is 15.0 Å². The number of nitrogens with zero attached hydrogens (tertiary/aromatic N) is 1. The topological polar surface area (TPSA) is 58.6 Å². The van der Waals surface area contributed by atoms with E-state index in [0.717, 1.165) is 12.2 Å². The third-order valence-electron chi connectivity index (χ3n) is 4.00. The lowest BCUT2D eigenvalue weighted by Crippen LogP contribution is -2.37.